The summed E-state index contributed by atoms with van der Waals surface area (Å²) >= 11 is 1.00. The SMILES string of the molecule is CCCNc1cc(Sc2cc(F)ccc2F)nc(N)n1. The van der Waals surface area contributed by atoms with E-state index in [1.807, 2.05) is 6.92 Å². The van der Waals surface area contributed by atoms with E-state index in [4.69, 9.17) is 5.73 Å². The molecule has 106 valence electrons. The van der Waals surface area contributed by atoms with Gasteiger partial charge < -0.3 is 11.1 Å². The number of rotatable bonds is 5. The molecule has 0 aliphatic carbocycles. The second-order valence-electron chi connectivity index (χ2n) is 4.05. The lowest BCUT2D eigenvalue weighted by molar-refractivity contribution is 0.577. The monoisotopic (exact) mass is 296 g/mol. The quantitative estimate of drug-likeness (QED) is 0.829. The Labute approximate surface area is 119 Å². The number of nitrogens with zero attached hydrogens (tertiary/aromatic N) is 2. The maximum atomic E-state index is 13.6. The summed E-state index contributed by atoms with van der Waals surface area (Å²) in [7, 11) is 0. The van der Waals surface area contributed by atoms with E-state index in [9.17, 15) is 8.78 Å². The van der Waals surface area contributed by atoms with Crippen LogP contribution in [-0.2, 0) is 0 Å². The fourth-order valence-corrected chi connectivity index (χ4v) is 2.38. The van der Waals surface area contributed by atoms with Gasteiger partial charge in [0.25, 0.3) is 0 Å². The minimum atomic E-state index is -0.503. The maximum absolute atomic E-state index is 13.6. The number of nitrogens with two attached hydrogens (primary N) is 1. The Morgan fingerprint density at radius 3 is 2.80 bits per heavy atom. The van der Waals surface area contributed by atoms with Gasteiger partial charge in [-0.05, 0) is 24.6 Å². The predicted octanol–water partition coefficient (Wildman–Crippen LogP) is 3.31. The first-order valence-electron chi connectivity index (χ1n) is 6.10. The van der Waals surface area contributed by atoms with E-state index in [1.54, 1.807) is 6.07 Å². The largest absolute Gasteiger partial charge is 0.370 e. The van der Waals surface area contributed by atoms with Crippen LogP contribution in [0, 0.1) is 11.6 Å². The lowest BCUT2D eigenvalue weighted by atomic mass is 10.3. The van der Waals surface area contributed by atoms with Crippen molar-refractivity contribution in [1.82, 2.24) is 9.97 Å². The van der Waals surface area contributed by atoms with E-state index in [2.05, 4.69) is 15.3 Å². The Morgan fingerprint density at radius 1 is 1.25 bits per heavy atom. The molecule has 0 saturated carbocycles. The van der Waals surface area contributed by atoms with E-state index in [0.29, 0.717) is 10.8 Å². The molecule has 3 N–H and O–H groups in total. The number of nitrogens with one attached hydrogen (secondary N) is 1. The molecule has 0 fully saturated rings. The van der Waals surface area contributed by atoms with Crippen molar-refractivity contribution in [1.29, 1.82) is 0 Å². The summed E-state index contributed by atoms with van der Waals surface area (Å²) in [6, 6.07) is 4.93. The van der Waals surface area contributed by atoms with Gasteiger partial charge in [0.1, 0.15) is 22.5 Å². The molecule has 0 unspecified atom stereocenters. The van der Waals surface area contributed by atoms with Crippen LogP contribution >= 0.6 is 11.8 Å². The highest BCUT2D eigenvalue weighted by Crippen LogP contribution is 2.30. The highest BCUT2D eigenvalue weighted by molar-refractivity contribution is 7.99. The van der Waals surface area contributed by atoms with Crippen molar-refractivity contribution in [3.63, 3.8) is 0 Å². The topological polar surface area (TPSA) is 63.8 Å². The molecule has 4 nitrogen and oxygen atoms in total. The molecular weight excluding hydrogens is 282 g/mol. The average molecular weight is 296 g/mol. The van der Waals surface area contributed by atoms with Gasteiger partial charge in [0.2, 0.25) is 5.95 Å². The molecule has 0 saturated heterocycles. The van der Waals surface area contributed by atoms with Crippen molar-refractivity contribution >= 4 is 23.5 Å². The summed E-state index contributed by atoms with van der Waals surface area (Å²) in [6.07, 6.45) is 0.935. The Bertz CT molecular complexity index is 607. The second kappa shape index (κ2) is 6.51. The highest BCUT2D eigenvalue weighted by atomic mass is 32.2. The van der Waals surface area contributed by atoms with Crippen LogP contribution in [0.4, 0.5) is 20.5 Å². The normalized spacial score (nSPS) is 10.6. The number of halogens is 2. The summed E-state index contributed by atoms with van der Waals surface area (Å²) in [6.45, 7) is 2.77. The van der Waals surface area contributed by atoms with Gasteiger partial charge in [-0.25, -0.2) is 13.8 Å². The molecule has 0 aliphatic heterocycles. The van der Waals surface area contributed by atoms with Gasteiger partial charge in [-0.1, -0.05) is 18.7 Å². The van der Waals surface area contributed by atoms with Crippen LogP contribution in [0.15, 0.2) is 34.2 Å². The fraction of sp³-hybridized carbons (Fsp3) is 0.231. The Kier molecular flexibility index (Phi) is 4.73. The Morgan fingerprint density at radius 2 is 2.05 bits per heavy atom. The molecule has 1 aromatic carbocycles. The Balaban J connectivity index is 2.24. The summed E-state index contributed by atoms with van der Waals surface area (Å²) in [5.74, 6) is -0.346. The second-order valence-corrected chi connectivity index (χ2v) is 5.12. The van der Waals surface area contributed by atoms with Crippen LogP contribution in [0.3, 0.4) is 0 Å². The first-order chi connectivity index (χ1) is 9.58. The third-order valence-corrected chi connectivity index (χ3v) is 3.33. The van der Waals surface area contributed by atoms with Gasteiger partial charge >= 0.3 is 0 Å². The van der Waals surface area contributed by atoms with Gasteiger partial charge in [-0.2, -0.15) is 4.98 Å². The van der Waals surface area contributed by atoms with E-state index in [0.717, 1.165) is 42.9 Å². The van der Waals surface area contributed by atoms with Crippen LogP contribution in [0.1, 0.15) is 13.3 Å². The van der Waals surface area contributed by atoms with Crippen molar-refractivity contribution < 1.29 is 8.78 Å². The first-order valence-corrected chi connectivity index (χ1v) is 6.91. The van der Waals surface area contributed by atoms with Crippen molar-refractivity contribution in [2.24, 2.45) is 0 Å². The number of anilines is 2. The number of nitrogen functional groups attached to an aromatic ring is 1. The standard InChI is InChI=1S/C13H14F2N4S/c1-2-5-17-11-7-12(19-13(16)18-11)20-10-6-8(14)3-4-9(10)15/h3-4,6-7H,2,5H2,1H3,(H3,16,17,18,19). The maximum Gasteiger partial charge on any atom is 0.223 e. The van der Waals surface area contributed by atoms with Crippen LogP contribution < -0.4 is 11.1 Å². The summed E-state index contributed by atoms with van der Waals surface area (Å²) in [5.41, 5.74) is 5.61. The third-order valence-electron chi connectivity index (χ3n) is 2.38. The molecule has 0 aliphatic rings. The van der Waals surface area contributed by atoms with Crippen LogP contribution in [0.5, 0.6) is 0 Å². The minimum absolute atomic E-state index is 0.0883. The van der Waals surface area contributed by atoms with E-state index >= 15 is 0 Å². The number of hydrogen-bond donors (Lipinski definition) is 2. The molecule has 0 amide bonds. The zero-order valence-corrected chi connectivity index (χ0v) is 11.7. The zero-order valence-electron chi connectivity index (χ0n) is 10.9. The number of benzene rings is 1. The summed E-state index contributed by atoms with van der Waals surface area (Å²) in [5, 5.41) is 3.53. The average Bonchev–Trinajstić information content (AvgIpc) is 2.40. The molecule has 2 rings (SSSR count). The molecule has 20 heavy (non-hydrogen) atoms. The molecule has 7 heteroatoms. The molecular formula is C13H14F2N4S. The lowest BCUT2D eigenvalue weighted by Gasteiger charge is -2.07. The van der Waals surface area contributed by atoms with Crippen LogP contribution in [0.25, 0.3) is 0 Å². The molecule has 0 atom stereocenters. The van der Waals surface area contributed by atoms with Gasteiger partial charge in [0.15, 0.2) is 0 Å². The smallest absolute Gasteiger partial charge is 0.223 e. The lowest BCUT2D eigenvalue weighted by Crippen LogP contribution is -2.05. The van der Waals surface area contributed by atoms with Crippen molar-refractivity contribution in [2.45, 2.75) is 23.3 Å². The van der Waals surface area contributed by atoms with E-state index in [-0.39, 0.29) is 10.8 Å². The Hall–Kier alpha value is -1.89. The summed E-state index contributed by atoms with van der Waals surface area (Å²) in [4.78, 5) is 8.19. The van der Waals surface area contributed by atoms with Crippen molar-refractivity contribution in [3.8, 4) is 0 Å². The predicted molar refractivity (Wildman–Crippen MR) is 75.7 cm³/mol. The molecule has 2 aromatic rings. The molecule has 0 spiro atoms. The minimum Gasteiger partial charge on any atom is -0.370 e. The van der Waals surface area contributed by atoms with Crippen LogP contribution in [0.2, 0.25) is 0 Å². The zero-order chi connectivity index (χ0) is 14.5. The van der Waals surface area contributed by atoms with Gasteiger partial charge in [-0.3, -0.25) is 0 Å². The molecule has 0 radical (unpaired) electrons. The van der Waals surface area contributed by atoms with Gasteiger partial charge in [-0.15, -0.1) is 0 Å². The number of hydrogen-bond acceptors (Lipinski definition) is 5. The van der Waals surface area contributed by atoms with E-state index < -0.39 is 11.6 Å². The number of aromatic nitrogens is 2. The van der Waals surface area contributed by atoms with Gasteiger partial charge in [0, 0.05) is 12.6 Å². The third kappa shape index (κ3) is 3.80. The fourth-order valence-electron chi connectivity index (χ4n) is 1.51. The van der Waals surface area contributed by atoms with Gasteiger partial charge in [0.05, 0.1) is 4.90 Å². The van der Waals surface area contributed by atoms with Crippen LogP contribution in [-0.4, -0.2) is 16.5 Å². The first kappa shape index (κ1) is 14.5. The molecule has 0 bridgehead atoms. The molecule has 1 aromatic heterocycles. The molecule has 1 heterocycles. The highest BCUT2D eigenvalue weighted by Gasteiger charge is 2.09. The summed E-state index contributed by atoms with van der Waals surface area (Å²) < 4.78 is 26.7. The van der Waals surface area contributed by atoms with E-state index in [1.165, 1.54) is 0 Å². The van der Waals surface area contributed by atoms with Crippen molar-refractivity contribution in [3.05, 3.63) is 35.9 Å². The van der Waals surface area contributed by atoms with Crippen molar-refractivity contribution in [2.75, 3.05) is 17.6 Å².